The molecule has 1 aliphatic carbocycles. The number of hydrogen-bond acceptors (Lipinski definition) is 0. The topological polar surface area (TPSA) is 9.86 Å². The van der Waals surface area contributed by atoms with Gasteiger partial charge in [-0.15, -0.1) is 0 Å². The highest BCUT2D eigenvalue weighted by Gasteiger charge is 2.23. The smallest absolute Gasteiger partial charge is 0.0619 e. The van der Waals surface area contributed by atoms with Crippen molar-refractivity contribution in [3.63, 3.8) is 0 Å². The van der Waals surface area contributed by atoms with Gasteiger partial charge in [-0.25, -0.2) is 0 Å². The number of aromatic nitrogens is 2. The first-order valence-corrected chi connectivity index (χ1v) is 20.1. The number of rotatable bonds is 4. The Hall–Kier alpha value is -7.68. The van der Waals surface area contributed by atoms with E-state index in [1.807, 2.05) is 0 Å². The van der Waals surface area contributed by atoms with Crippen LogP contribution < -0.4 is 0 Å². The van der Waals surface area contributed by atoms with E-state index in [9.17, 15) is 0 Å². The SMILES string of the molecule is c1ccc(-c2ccc(-n3c4ccc(-c5ccc6c(c5)c5ccccc5n6-c5ccc6c(c5)-c5cccc7cccc-6c57)cc4c4ccc5ccccc5c43)cc2)cc1. The van der Waals surface area contributed by atoms with Gasteiger partial charge >= 0.3 is 0 Å². The van der Waals surface area contributed by atoms with Crippen molar-refractivity contribution in [2.45, 2.75) is 0 Å². The van der Waals surface area contributed by atoms with Gasteiger partial charge in [-0.3, -0.25) is 0 Å². The van der Waals surface area contributed by atoms with E-state index in [1.54, 1.807) is 0 Å². The van der Waals surface area contributed by atoms with Crippen LogP contribution in [0.25, 0.3) is 121 Å². The molecule has 2 heterocycles. The lowest BCUT2D eigenvalue weighted by Crippen LogP contribution is -1.95. The van der Waals surface area contributed by atoms with Gasteiger partial charge in [0, 0.05) is 38.3 Å². The number of hydrogen-bond donors (Lipinski definition) is 0. The first-order valence-electron chi connectivity index (χ1n) is 20.1. The van der Waals surface area contributed by atoms with Crippen molar-refractivity contribution >= 4 is 65.2 Å². The molecule has 2 heteroatoms. The molecule has 12 aromatic rings. The van der Waals surface area contributed by atoms with Crippen LogP contribution in [0.1, 0.15) is 0 Å². The van der Waals surface area contributed by atoms with E-state index in [4.69, 9.17) is 0 Å². The van der Waals surface area contributed by atoms with Crippen LogP contribution in [-0.2, 0) is 0 Å². The van der Waals surface area contributed by atoms with Crippen molar-refractivity contribution in [1.82, 2.24) is 9.13 Å². The molecular weight excluding hydrogens is 701 g/mol. The summed E-state index contributed by atoms with van der Waals surface area (Å²) in [6.07, 6.45) is 0. The Morgan fingerprint density at radius 3 is 1.64 bits per heavy atom. The standard InChI is InChI=1S/C56H34N2/c1-2-10-35(11-3-1)36-20-25-41(26-21-36)58-54-31-24-40(33-51(54)48-28-22-37-12-4-5-15-43(37)56(48)58)39-23-30-53-50(32-39)45-16-6-7-19-52(45)57(53)42-27-29-44-46-17-8-13-38-14-9-18-47(55(38)46)49(44)34-42/h1-34H. The third-order valence-electron chi connectivity index (χ3n) is 12.6. The fourth-order valence-corrected chi connectivity index (χ4v) is 10.0. The van der Waals surface area contributed by atoms with Gasteiger partial charge in [0.1, 0.15) is 0 Å². The number of para-hydroxylation sites is 1. The van der Waals surface area contributed by atoms with E-state index >= 15 is 0 Å². The summed E-state index contributed by atoms with van der Waals surface area (Å²) in [4.78, 5) is 0. The Balaban J connectivity index is 0.977. The molecule has 0 bridgehead atoms. The molecule has 58 heavy (non-hydrogen) atoms. The van der Waals surface area contributed by atoms with Crippen LogP contribution in [0.4, 0.5) is 0 Å². The second kappa shape index (κ2) is 11.9. The maximum atomic E-state index is 2.46. The van der Waals surface area contributed by atoms with Crippen molar-refractivity contribution < 1.29 is 0 Å². The molecular formula is C56H34N2. The van der Waals surface area contributed by atoms with Crippen molar-refractivity contribution in [2.75, 3.05) is 0 Å². The van der Waals surface area contributed by atoms with Gasteiger partial charge in [0.05, 0.1) is 22.1 Å². The molecule has 10 aromatic carbocycles. The van der Waals surface area contributed by atoms with Crippen LogP contribution in [-0.4, -0.2) is 9.13 Å². The molecule has 2 aromatic heterocycles. The Morgan fingerprint density at radius 1 is 0.259 bits per heavy atom. The normalized spacial score (nSPS) is 12.1. The summed E-state index contributed by atoms with van der Waals surface area (Å²) >= 11 is 0. The Labute approximate surface area is 335 Å². The largest absolute Gasteiger partial charge is 0.309 e. The highest BCUT2D eigenvalue weighted by Crippen LogP contribution is 2.48. The van der Waals surface area contributed by atoms with Crippen molar-refractivity contribution in [3.8, 4) is 55.9 Å². The monoisotopic (exact) mass is 734 g/mol. The van der Waals surface area contributed by atoms with Crippen LogP contribution in [0.3, 0.4) is 0 Å². The van der Waals surface area contributed by atoms with Gasteiger partial charge in [0.15, 0.2) is 0 Å². The lowest BCUT2D eigenvalue weighted by atomic mass is 10.00. The van der Waals surface area contributed by atoms with Gasteiger partial charge in [0.2, 0.25) is 0 Å². The van der Waals surface area contributed by atoms with Gasteiger partial charge in [-0.1, -0.05) is 152 Å². The first-order chi connectivity index (χ1) is 28.8. The lowest BCUT2D eigenvalue weighted by molar-refractivity contribution is 1.18. The van der Waals surface area contributed by atoms with E-state index in [1.165, 1.54) is 115 Å². The molecule has 0 saturated heterocycles. The zero-order chi connectivity index (χ0) is 37.9. The Morgan fingerprint density at radius 2 is 0.845 bits per heavy atom. The Kier molecular flexibility index (Phi) is 6.47. The first kappa shape index (κ1) is 31.5. The van der Waals surface area contributed by atoms with Crippen molar-refractivity contribution in [2.24, 2.45) is 0 Å². The van der Waals surface area contributed by atoms with Gasteiger partial charge in [-0.2, -0.15) is 0 Å². The average Bonchev–Trinajstić information content (AvgIpc) is 3.93. The molecule has 0 saturated carbocycles. The van der Waals surface area contributed by atoms with E-state index in [0.717, 1.165) is 5.69 Å². The molecule has 2 nitrogen and oxygen atoms in total. The summed E-state index contributed by atoms with van der Waals surface area (Å²) in [6.45, 7) is 0. The second-order valence-electron chi connectivity index (χ2n) is 15.7. The number of fused-ring (bicyclic) bond motifs is 11. The molecule has 268 valence electrons. The summed E-state index contributed by atoms with van der Waals surface area (Å²) in [5.41, 5.74) is 17.3. The molecule has 0 atom stereocenters. The van der Waals surface area contributed by atoms with Crippen LogP contribution in [0.15, 0.2) is 206 Å². The number of nitrogens with zero attached hydrogens (tertiary/aromatic N) is 2. The van der Waals surface area contributed by atoms with Crippen LogP contribution in [0, 0.1) is 0 Å². The van der Waals surface area contributed by atoms with Gasteiger partial charge in [0.25, 0.3) is 0 Å². The van der Waals surface area contributed by atoms with E-state index in [2.05, 4.69) is 215 Å². The quantitative estimate of drug-likeness (QED) is 0.170. The summed E-state index contributed by atoms with van der Waals surface area (Å²) in [5.74, 6) is 0. The molecule has 0 N–H and O–H groups in total. The molecule has 0 radical (unpaired) electrons. The second-order valence-corrected chi connectivity index (χ2v) is 15.7. The predicted octanol–water partition coefficient (Wildman–Crippen LogP) is 15.2. The highest BCUT2D eigenvalue weighted by atomic mass is 15.0. The summed E-state index contributed by atoms with van der Waals surface area (Å²) in [6, 6.07) is 76.2. The fourth-order valence-electron chi connectivity index (χ4n) is 10.0. The molecule has 1 aliphatic rings. The van der Waals surface area contributed by atoms with Crippen LogP contribution in [0.2, 0.25) is 0 Å². The lowest BCUT2D eigenvalue weighted by Gasteiger charge is -2.12. The summed E-state index contributed by atoms with van der Waals surface area (Å²) in [7, 11) is 0. The van der Waals surface area contributed by atoms with Crippen molar-refractivity contribution in [1.29, 1.82) is 0 Å². The minimum absolute atomic E-state index is 1.16. The molecule has 13 rings (SSSR count). The fraction of sp³-hybridized carbons (Fsp3) is 0. The minimum Gasteiger partial charge on any atom is -0.309 e. The third kappa shape index (κ3) is 4.43. The molecule has 0 amide bonds. The zero-order valence-corrected chi connectivity index (χ0v) is 31.5. The zero-order valence-electron chi connectivity index (χ0n) is 31.5. The molecule has 0 aliphatic heterocycles. The Bertz CT molecular complexity index is 3650. The molecule has 0 fully saturated rings. The third-order valence-corrected chi connectivity index (χ3v) is 12.6. The van der Waals surface area contributed by atoms with Gasteiger partial charge in [-0.05, 0) is 115 Å². The molecule has 0 unspecified atom stereocenters. The maximum absolute atomic E-state index is 2.46. The minimum atomic E-state index is 1.16. The van der Waals surface area contributed by atoms with Crippen LogP contribution in [0.5, 0.6) is 0 Å². The summed E-state index contributed by atoms with van der Waals surface area (Å²) in [5, 5.41) is 10.2. The maximum Gasteiger partial charge on any atom is 0.0619 e. The summed E-state index contributed by atoms with van der Waals surface area (Å²) < 4.78 is 4.90. The highest BCUT2D eigenvalue weighted by molar-refractivity contribution is 6.20. The van der Waals surface area contributed by atoms with Crippen molar-refractivity contribution in [3.05, 3.63) is 206 Å². The van der Waals surface area contributed by atoms with E-state index in [-0.39, 0.29) is 0 Å². The van der Waals surface area contributed by atoms with E-state index < -0.39 is 0 Å². The predicted molar refractivity (Wildman–Crippen MR) is 245 cm³/mol. The number of benzene rings is 10. The van der Waals surface area contributed by atoms with Gasteiger partial charge < -0.3 is 9.13 Å². The van der Waals surface area contributed by atoms with Crippen LogP contribution >= 0.6 is 0 Å². The average molecular weight is 735 g/mol. The van der Waals surface area contributed by atoms with E-state index in [0.29, 0.717) is 0 Å². The molecule has 0 spiro atoms.